The van der Waals surface area contributed by atoms with Crippen molar-refractivity contribution in [1.29, 1.82) is 0 Å². The van der Waals surface area contributed by atoms with Crippen LogP contribution in [0.5, 0.6) is 0 Å². The van der Waals surface area contributed by atoms with E-state index in [-0.39, 0.29) is 17.4 Å². The third kappa shape index (κ3) is 3.97. The van der Waals surface area contributed by atoms with Crippen molar-refractivity contribution in [2.45, 2.75) is 12.8 Å². The summed E-state index contributed by atoms with van der Waals surface area (Å²) in [5.41, 5.74) is 1.77. The minimum absolute atomic E-state index is 0.0370. The standard InChI is InChI=1S/C17H20N4O2/c22-16-10-15(11-19-20-16)21-9-7-14(12-21)17(23)18-8-6-13-4-2-1-3-5-13/h1-5,10-11,14H,6-9,12H2,(H,18,23)(H,20,22). The van der Waals surface area contributed by atoms with E-state index in [1.807, 2.05) is 23.1 Å². The van der Waals surface area contributed by atoms with Crippen molar-refractivity contribution in [1.82, 2.24) is 15.5 Å². The third-order valence-corrected chi connectivity index (χ3v) is 4.13. The molecule has 0 bridgehead atoms. The van der Waals surface area contributed by atoms with Crippen LogP contribution in [-0.2, 0) is 11.2 Å². The van der Waals surface area contributed by atoms with Gasteiger partial charge < -0.3 is 10.2 Å². The van der Waals surface area contributed by atoms with Gasteiger partial charge in [0, 0.05) is 25.7 Å². The van der Waals surface area contributed by atoms with Gasteiger partial charge in [-0.05, 0) is 18.4 Å². The Hall–Kier alpha value is -2.63. The van der Waals surface area contributed by atoms with E-state index in [9.17, 15) is 9.59 Å². The summed E-state index contributed by atoms with van der Waals surface area (Å²) in [6.07, 6.45) is 3.25. The Morgan fingerprint density at radius 1 is 1.35 bits per heavy atom. The molecule has 23 heavy (non-hydrogen) atoms. The Kier molecular flexibility index (Phi) is 4.71. The lowest BCUT2D eigenvalue weighted by atomic mass is 10.1. The van der Waals surface area contributed by atoms with Gasteiger partial charge in [-0.3, -0.25) is 9.59 Å². The Bertz CT molecular complexity index is 714. The summed E-state index contributed by atoms with van der Waals surface area (Å²) in [7, 11) is 0. The van der Waals surface area contributed by atoms with Crippen molar-refractivity contribution in [2.24, 2.45) is 5.92 Å². The molecule has 6 nitrogen and oxygen atoms in total. The van der Waals surface area contributed by atoms with Gasteiger partial charge in [0.15, 0.2) is 0 Å². The topological polar surface area (TPSA) is 78.1 Å². The predicted molar refractivity (Wildman–Crippen MR) is 88.3 cm³/mol. The number of carbonyl (C=O) groups is 1. The zero-order valence-electron chi connectivity index (χ0n) is 12.9. The minimum Gasteiger partial charge on any atom is -0.369 e. The van der Waals surface area contributed by atoms with Gasteiger partial charge in [0.1, 0.15) is 0 Å². The van der Waals surface area contributed by atoms with Crippen LogP contribution in [0.1, 0.15) is 12.0 Å². The summed E-state index contributed by atoms with van der Waals surface area (Å²) in [6.45, 7) is 2.04. The second kappa shape index (κ2) is 7.09. The molecule has 2 aromatic rings. The molecule has 2 heterocycles. The number of aromatic amines is 1. The van der Waals surface area contributed by atoms with Crippen molar-refractivity contribution in [3.63, 3.8) is 0 Å². The monoisotopic (exact) mass is 312 g/mol. The molecule has 0 aliphatic carbocycles. The third-order valence-electron chi connectivity index (χ3n) is 4.13. The Labute approximate surface area is 134 Å². The quantitative estimate of drug-likeness (QED) is 0.862. The molecule has 3 rings (SSSR count). The van der Waals surface area contributed by atoms with Crippen LogP contribution in [0.15, 0.2) is 47.4 Å². The Morgan fingerprint density at radius 2 is 2.17 bits per heavy atom. The first-order chi connectivity index (χ1) is 11.2. The molecule has 120 valence electrons. The molecule has 1 atom stereocenters. The van der Waals surface area contributed by atoms with E-state index < -0.39 is 0 Å². The van der Waals surface area contributed by atoms with Gasteiger partial charge in [-0.2, -0.15) is 5.10 Å². The van der Waals surface area contributed by atoms with Crippen LogP contribution in [0.2, 0.25) is 0 Å². The van der Waals surface area contributed by atoms with Crippen LogP contribution in [0.3, 0.4) is 0 Å². The van der Waals surface area contributed by atoms with E-state index in [0.717, 1.165) is 25.1 Å². The zero-order chi connectivity index (χ0) is 16.1. The number of amides is 1. The molecule has 0 saturated carbocycles. The Balaban J connectivity index is 1.48. The summed E-state index contributed by atoms with van der Waals surface area (Å²) >= 11 is 0. The highest BCUT2D eigenvalue weighted by Gasteiger charge is 2.28. The van der Waals surface area contributed by atoms with Crippen molar-refractivity contribution >= 4 is 11.6 Å². The van der Waals surface area contributed by atoms with Gasteiger partial charge in [0.25, 0.3) is 5.56 Å². The first kappa shape index (κ1) is 15.3. The highest BCUT2D eigenvalue weighted by Crippen LogP contribution is 2.22. The molecule has 1 aromatic heterocycles. The number of carbonyl (C=O) groups excluding carboxylic acids is 1. The molecular weight excluding hydrogens is 292 g/mol. The largest absolute Gasteiger partial charge is 0.369 e. The highest BCUT2D eigenvalue weighted by molar-refractivity contribution is 5.80. The van der Waals surface area contributed by atoms with Crippen molar-refractivity contribution < 1.29 is 4.79 Å². The number of hydrogen-bond acceptors (Lipinski definition) is 4. The summed E-state index contributed by atoms with van der Waals surface area (Å²) in [5.74, 6) is 0.0475. The van der Waals surface area contributed by atoms with Gasteiger partial charge in [0.05, 0.1) is 17.8 Å². The minimum atomic E-state index is -0.224. The molecule has 1 saturated heterocycles. The number of aromatic nitrogens is 2. The van der Waals surface area contributed by atoms with E-state index in [4.69, 9.17) is 0 Å². The molecule has 0 spiro atoms. The summed E-state index contributed by atoms with van der Waals surface area (Å²) in [4.78, 5) is 25.6. The number of anilines is 1. The molecule has 1 aliphatic rings. The number of nitrogens with zero attached hydrogens (tertiary/aromatic N) is 2. The molecule has 6 heteroatoms. The van der Waals surface area contributed by atoms with Crippen LogP contribution in [0, 0.1) is 5.92 Å². The van der Waals surface area contributed by atoms with E-state index in [0.29, 0.717) is 13.1 Å². The van der Waals surface area contributed by atoms with Gasteiger partial charge in [-0.25, -0.2) is 5.10 Å². The Morgan fingerprint density at radius 3 is 2.96 bits per heavy atom. The normalized spacial score (nSPS) is 17.2. The fourth-order valence-electron chi connectivity index (χ4n) is 2.87. The van der Waals surface area contributed by atoms with Gasteiger partial charge in [0.2, 0.25) is 5.91 Å². The van der Waals surface area contributed by atoms with Gasteiger partial charge in [-0.1, -0.05) is 30.3 Å². The lowest BCUT2D eigenvalue weighted by molar-refractivity contribution is -0.124. The molecule has 1 amide bonds. The fourth-order valence-corrected chi connectivity index (χ4v) is 2.87. The SMILES string of the molecule is O=C(NCCc1ccccc1)C1CCN(c2cn[nH]c(=O)c2)C1. The zero-order valence-corrected chi connectivity index (χ0v) is 12.9. The van der Waals surface area contributed by atoms with Gasteiger partial charge >= 0.3 is 0 Å². The average molecular weight is 312 g/mol. The molecule has 1 aromatic carbocycles. The average Bonchev–Trinajstić information content (AvgIpc) is 3.06. The maximum atomic E-state index is 12.3. The van der Waals surface area contributed by atoms with Crippen LogP contribution in [0.25, 0.3) is 0 Å². The molecule has 0 radical (unpaired) electrons. The predicted octanol–water partition coefficient (Wildman–Crippen LogP) is 0.955. The number of rotatable bonds is 5. The maximum Gasteiger partial charge on any atom is 0.266 e. The fraction of sp³-hybridized carbons (Fsp3) is 0.353. The number of H-pyrrole nitrogens is 1. The number of hydrogen-bond donors (Lipinski definition) is 2. The van der Waals surface area contributed by atoms with E-state index in [1.165, 1.54) is 11.6 Å². The first-order valence-electron chi connectivity index (χ1n) is 7.84. The van der Waals surface area contributed by atoms with E-state index in [2.05, 4.69) is 27.6 Å². The van der Waals surface area contributed by atoms with Crippen molar-refractivity contribution in [2.75, 3.05) is 24.5 Å². The van der Waals surface area contributed by atoms with Gasteiger partial charge in [-0.15, -0.1) is 0 Å². The lowest BCUT2D eigenvalue weighted by Crippen LogP contribution is -2.34. The molecule has 1 aliphatic heterocycles. The van der Waals surface area contributed by atoms with Crippen molar-refractivity contribution in [3.05, 3.63) is 58.5 Å². The molecular formula is C17H20N4O2. The molecule has 2 N–H and O–H groups in total. The maximum absolute atomic E-state index is 12.3. The smallest absolute Gasteiger partial charge is 0.266 e. The second-order valence-electron chi connectivity index (χ2n) is 5.76. The highest BCUT2D eigenvalue weighted by atomic mass is 16.2. The molecule has 1 unspecified atom stereocenters. The van der Waals surface area contributed by atoms with E-state index >= 15 is 0 Å². The van der Waals surface area contributed by atoms with Crippen LogP contribution < -0.4 is 15.8 Å². The van der Waals surface area contributed by atoms with E-state index in [1.54, 1.807) is 6.20 Å². The number of nitrogens with one attached hydrogen (secondary N) is 2. The van der Waals surface area contributed by atoms with Crippen molar-refractivity contribution in [3.8, 4) is 0 Å². The lowest BCUT2D eigenvalue weighted by Gasteiger charge is -2.17. The summed E-state index contributed by atoms with van der Waals surface area (Å²) < 4.78 is 0. The summed E-state index contributed by atoms with van der Waals surface area (Å²) in [6, 6.07) is 11.6. The van der Waals surface area contributed by atoms with Crippen LogP contribution in [-0.4, -0.2) is 35.7 Å². The molecule has 1 fully saturated rings. The van der Waals surface area contributed by atoms with Crippen LogP contribution >= 0.6 is 0 Å². The first-order valence-corrected chi connectivity index (χ1v) is 7.84. The second-order valence-corrected chi connectivity index (χ2v) is 5.76. The van der Waals surface area contributed by atoms with Crippen LogP contribution in [0.4, 0.5) is 5.69 Å². The number of benzene rings is 1. The summed E-state index contributed by atoms with van der Waals surface area (Å²) in [5, 5.41) is 9.17.